The number of hydrogen-bond acceptors (Lipinski definition) is 4. The summed E-state index contributed by atoms with van der Waals surface area (Å²) in [6, 6.07) is 8.38. The van der Waals surface area contributed by atoms with Crippen LogP contribution < -0.4 is 10.1 Å². The van der Waals surface area contributed by atoms with E-state index in [0.29, 0.717) is 11.3 Å². The Morgan fingerprint density at radius 1 is 0.971 bits per heavy atom. The molecule has 0 spiro atoms. The maximum absolute atomic E-state index is 13.7. The van der Waals surface area contributed by atoms with Crippen molar-refractivity contribution in [2.45, 2.75) is 13.2 Å². The largest absolute Gasteiger partial charge is 0.479 e. The molecule has 1 N–H and O–H groups in total. The number of carbonyl (C=O) groups excluding carboxylic acids is 1. The Labute approximate surface area is 187 Å². The summed E-state index contributed by atoms with van der Waals surface area (Å²) in [6.07, 6.45) is 2.85. The summed E-state index contributed by atoms with van der Waals surface area (Å²) in [5.74, 6) is -13.7. The molecule has 2 aromatic carbocycles. The molecule has 0 fully saturated rings. The van der Waals surface area contributed by atoms with Gasteiger partial charge in [0.2, 0.25) is 29.1 Å². The van der Waals surface area contributed by atoms with Crippen LogP contribution in [-0.4, -0.2) is 15.7 Å². The lowest BCUT2D eigenvalue weighted by atomic mass is 10.2. The molecule has 0 atom stereocenters. The van der Waals surface area contributed by atoms with Gasteiger partial charge in [-0.15, -0.1) is 0 Å². The molecule has 34 heavy (non-hydrogen) atoms. The van der Waals surface area contributed by atoms with Gasteiger partial charge in [0.05, 0.1) is 18.4 Å². The lowest BCUT2D eigenvalue weighted by molar-refractivity contribution is 0.0992. The minimum atomic E-state index is -2.31. The minimum Gasteiger partial charge on any atom is -0.479 e. The van der Waals surface area contributed by atoms with Gasteiger partial charge < -0.3 is 14.5 Å². The van der Waals surface area contributed by atoms with Crippen LogP contribution >= 0.6 is 0 Å². The van der Waals surface area contributed by atoms with Gasteiger partial charge in [0.15, 0.2) is 11.5 Å². The van der Waals surface area contributed by atoms with E-state index in [-0.39, 0.29) is 18.1 Å². The number of rotatable bonds is 7. The number of furan rings is 1. The van der Waals surface area contributed by atoms with E-state index >= 15 is 0 Å². The standard InChI is InChI=1S/C22H13F6N3O3/c23-12-3-1-2-11(6-12)8-31-9-13(7-29-31)30-22(32)15-5-4-14(34-15)10-33-21-19(27)17(25)16(24)18(26)20(21)28/h1-7,9H,8,10H2,(H,30,32). The fraction of sp³-hybridized carbons (Fsp3) is 0.0909. The molecule has 0 bridgehead atoms. The van der Waals surface area contributed by atoms with E-state index in [1.165, 1.54) is 41.3 Å². The van der Waals surface area contributed by atoms with Crippen molar-refractivity contribution in [3.63, 3.8) is 0 Å². The molecule has 0 saturated carbocycles. The van der Waals surface area contributed by atoms with Crippen LogP contribution in [0.1, 0.15) is 21.9 Å². The summed E-state index contributed by atoms with van der Waals surface area (Å²) in [7, 11) is 0. The first kappa shape index (κ1) is 23.0. The van der Waals surface area contributed by atoms with Crippen LogP contribution in [0.4, 0.5) is 32.0 Å². The Bertz CT molecular complexity index is 1340. The predicted octanol–water partition coefficient (Wildman–Crippen LogP) is 5.19. The zero-order valence-corrected chi connectivity index (χ0v) is 16.9. The third-order valence-corrected chi connectivity index (χ3v) is 4.54. The monoisotopic (exact) mass is 481 g/mol. The van der Waals surface area contributed by atoms with Crippen molar-refractivity contribution in [1.82, 2.24) is 9.78 Å². The average Bonchev–Trinajstić information content (AvgIpc) is 3.46. The minimum absolute atomic E-state index is 0.115. The fourth-order valence-corrected chi connectivity index (χ4v) is 2.96. The van der Waals surface area contributed by atoms with Gasteiger partial charge >= 0.3 is 0 Å². The lowest BCUT2D eigenvalue weighted by Gasteiger charge is -2.09. The summed E-state index contributed by atoms with van der Waals surface area (Å²) in [6.45, 7) is -0.454. The molecule has 4 aromatic rings. The van der Waals surface area contributed by atoms with Crippen LogP contribution in [0, 0.1) is 34.9 Å². The summed E-state index contributed by atoms with van der Waals surface area (Å²) in [5, 5.41) is 6.57. The smallest absolute Gasteiger partial charge is 0.291 e. The van der Waals surface area contributed by atoms with Crippen LogP contribution in [0.2, 0.25) is 0 Å². The Kier molecular flexibility index (Phi) is 6.30. The van der Waals surface area contributed by atoms with E-state index in [9.17, 15) is 31.1 Å². The van der Waals surface area contributed by atoms with E-state index < -0.39 is 53.2 Å². The first-order valence-corrected chi connectivity index (χ1v) is 9.54. The van der Waals surface area contributed by atoms with Crippen molar-refractivity contribution in [2.75, 3.05) is 5.32 Å². The Hall–Kier alpha value is -4.22. The molecule has 12 heteroatoms. The van der Waals surface area contributed by atoms with Crippen molar-refractivity contribution in [3.05, 3.63) is 101 Å². The highest BCUT2D eigenvalue weighted by Crippen LogP contribution is 2.30. The van der Waals surface area contributed by atoms with Crippen LogP contribution in [-0.2, 0) is 13.2 Å². The number of halogens is 6. The van der Waals surface area contributed by atoms with Gasteiger partial charge in [0.25, 0.3) is 5.91 Å². The maximum atomic E-state index is 13.7. The highest BCUT2D eigenvalue weighted by atomic mass is 19.2. The van der Waals surface area contributed by atoms with Crippen molar-refractivity contribution in [2.24, 2.45) is 0 Å². The molecule has 0 aliphatic heterocycles. The van der Waals surface area contributed by atoms with E-state index in [0.717, 1.165) is 0 Å². The lowest BCUT2D eigenvalue weighted by Crippen LogP contribution is -2.10. The van der Waals surface area contributed by atoms with Crippen molar-refractivity contribution < 1.29 is 40.3 Å². The molecule has 0 aliphatic carbocycles. The summed E-state index contributed by atoms with van der Waals surface area (Å²) in [4.78, 5) is 12.4. The highest BCUT2D eigenvalue weighted by molar-refractivity contribution is 6.02. The first-order valence-electron chi connectivity index (χ1n) is 9.54. The molecule has 0 aliphatic rings. The second-order valence-corrected chi connectivity index (χ2v) is 6.96. The van der Waals surface area contributed by atoms with E-state index in [1.54, 1.807) is 12.1 Å². The van der Waals surface area contributed by atoms with Crippen LogP contribution in [0.3, 0.4) is 0 Å². The van der Waals surface area contributed by atoms with Crippen LogP contribution in [0.25, 0.3) is 0 Å². The zero-order chi connectivity index (χ0) is 24.4. The van der Waals surface area contributed by atoms with Gasteiger partial charge in [0, 0.05) is 6.20 Å². The number of ether oxygens (including phenoxy) is 1. The molecule has 0 saturated heterocycles. The summed E-state index contributed by atoms with van der Waals surface area (Å²) in [5.41, 5.74) is 0.961. The highest BCUT2D eigenvalue weighted by Gasteiger charge is 2.27. The normalized spacial score (nSPS) is 11.0. The topological polar surface area (TPSA) is 69.3 Å². The number of aromatic nitrogens is 2. The molecule has 176 valence electrons. The van der Waals surface area contributed by atoms with Crippen molar-refractivity contribution in [1.29, 1.82) is 0 Å². The Balaban J connectivity index is 1.38. The average molecular weight is 481 g/mol. The third-order valence-electron chi connectivity index (χ3n) is 4.54. The molecule has 0 radical (unpaired) electrons. The number of nitrogens with zero attached hydrogens (tertiary/aromatic N) is 2. The van der Waals surface area contributed by atoms with Gasteiger partial charge in [-0.05, 0) is 29.8 Å². The second kappa shape index (κ2) is 9.33. The Morgan fingerprint density at radius 3 is 2.38 bits per heavy atom. The number of anilines is 1. The first-order chi connectivity index (χ1) is 16.2. The molecular formula is C22H13F6N3O3. The fourth-order valence-electron chi connectivity index (χ4n) is 2.96. The van der Waals surface area contributed by atoms with E-state index in [2.05, 4.69) is 15.2 Å². The molecule has 1 amide bonds. The van der Waals surface area contributed by atoms with E-state index in [4.69, 9.17) is 4.42 Å². The van der Waals surface area contributed by atoms with Gasteiger partial charge in [-0.25, -0.2) is 17.6 Å². The molecular weight excluding hydrogens is 468 g/mol. The summed E-state index contributed by atoms with van der Waals surface area (Å²) < 4.78 is 91.6. The number of carbonyl (C=O) groups is 1. The van der Waals surface area contributed by atoms with Gasteiger partial charge in [-0.1, -0.05) is 12.1 Å². The number of hydrogen-bond donors (Lipinski definition) is 1. The van der Waals surface area contributed by atoms with Crippen molar-refractivity contribution in [3.8, 4) is 5.75 Å². The number of nitrogens with one attached hydrogen (secondary N) is 1. The second-order valence-electron chi connectivity index (χ2n) is 6.96. The van der Waals surface area contributed by atoms with Crippen LogP contribution in [0.5, 0.6) is 5.75 Å². The summed E-state index contributed by atoms with van der Waals surface area (Å²) >= 11 is 0. The molecule has 6 nitrogen and oxygen atoms in total. The SMILES string of the molecule is O=C(Nc1cnn(Cc2cccc(F)c2)c1)c1ccc(COc2c(F)c(F)c(F)c(F)c2F)o1. The number of amides is 1. The molecule has 4 rings (SSSR count). The van der Waals surface area contributed by atoms with Gasteiger partial charge in [-0.3, -0.25) is 9.48 Å². The van der Waals surface area contributed by atoms with Crippen molar-refractivity contribution >= 4 is 11.6 Å². The quantitative estimate of drug-likeness (QED) is 0.224. The number of benzene rings is 2. The zero-order valence-electron chi connectivity index (χ0n) is 16.9. The maximum Gasteiger partial charge on any atom is 0.291 e. The van der Waals surface area contributed by atoms with Crippen LogP contribution in [0.15, 0.2) is 53.2 Å². The van der Waals surface area contributed by atoms with Gasteiger partial charge in [0.1, 0.15) is 18.2 Å². The van der Waals surface area contributed by atoms with Gasteiger partial charge in [-0.2, -0.15) is 13.9 Å². The third kappa shape index (κ3) is 4.75. The molecule has 2 aromatic heterocycles. The Morgan fingerprint density at radius 2 is 1.68 bits per heavy atom. The van der Waals surface area contributed by atoms with E-state index in [1.807, 2.05) is 0 Å². The molecule has 0 unspecified atom stereocenters. The predicted molar refractivity (Wildman–Crippen MR) is 105 cm³/mol. The molecule has 2 heterocycles.